The lowest BCUT2D eigenvalue weighted by molar-refractivity contribution is -0.138. The SMILES string of the molecule is O=C(O)C[C@@H]1CCC[C@H](c2ccc(Cl)cc2)C1. The maximum absolute atomic E-state index is 10.7. The molecule has 1 fully saturated rings. The summed E-state index contributed by atoms with van der Waals surface area (Å²) >= 11 is 5.87. The summed E-state index contributed by atoms with van der Waals surface area (Å²) < 4.78 is 0. The van der Waals surface area contributed by atoms with Gasteiger partial charge in [0.15, 0.2) is 0 Å². The average Bonchev–Trinajstić information content (AvgIpc) is 2.29. The van der Waals surface area contributed by atoms with Gasteiger partial charge in [-0.25, -0.2) is 0 Å². The lowest BCUT2D eigenvalue weighted by atomic mass is 9.77. The summed E-state index contributed by atoms with van der Waals surface area (Å²) in [6.07, 6.45) is 4.65. The maximum atomic E-state index is 10.7. The van der Waals surface area contributed by atoms with Crippen LogP contribution in [0.5, 0.6) is 0 Å². The number of hydrogen-bond donors (Lipinski definition) is 1. The van der Waals surface area contributed by atoms with E-state index in [2.05, 4.69) is 12.1 Å². The zero-order chi connectivity index (χ0) is 12.3. The lowest BCUT2D eigenvalue weighted by Gasteiger charge is -2.28. The van der Waals surface area contributed by atoms with Crippen LogP contribution in [-0.4, -0.2) is 11.1 Å². The molecule has 2 nitrogen and oxygen atoms in total. The van der Waals surface area contributed by atoms with Crippen molar-refractivity contribution in [3.63, 3.8) is 0 Å². The minimum absolute atomic E-state index is 0.310. The largest absolute Gasteiger partial charge is 0.481 e. The van der Waals surface area contributed by atoms with Crippen molar-refractivity contribution in [2.75, 3.05) is 0 Å². The van der Waals surface area contributed by atoms with E-state index >= 15 is 0 Å². The summed E-state index contributed by atoms with van der Waals surface area (Å²) in [5, 5.41) is 9.60. The van der Waals surface area contributed by atoms with Gasteiger partial charge in [-0.15, -0.1) is 0 Å². The first-order valence-electron chi connectivity index (χ1n) is 6.12. The molecule has 0 radical (unpaired) electrons. The Morgan fingerprint density at radius 1 is 1.29 bits per heavy atom. The van der Waals surface area contributed by atoms with Crippen molar-refractivity contribution in [3.05, 3.63) is 34.9 Å². The van der Waals surface area contributed by atoms with E-state index < -0.39 is 5.97 Å². The molecule has 2 atom stereocenters. The van der Waals surface area contributed by atoms with Crippen molar-refractivity contribution in [1.29, 1.82) is 0 Å². The molecular formula is C14H17ClO2. The van der Waals surface area contributed by atoms with Crippen LogP contribution in [0.25, 0.3) is 0 Å². The first-order chi connectivity index (χ1) is 8.15. The van der Waals surface area contributed by atoms with Crippen LogP contribution in [-0.2, 0) is 4.79 Å². The predicted octanol–water partition coefficient (Wildman–Crippen LogP) is 4.09. The Bertz CT molecular complexity index is 386. The lowest BCUT2D eigenvalue weighted by Crippen LogP contribution is -2.17. The molecule has 1 saturated carbocycles. The standard InChI is InChI=1S/C14H17ClO2/c15-13-6-4-11(5-7-13)12-3-1-2-10(8-12)9-14(16)17/h4-7,10,12H,1-3,8-9H2,(H,16,17)/t10-,12+/m1/s1. The second kappa shape index (κ2) is 5.54. The molecular weight excluding hydrogens is 236 g/mol. The van der Waals surface area contributed by atoms with Gasteiger partial charge >= 0.3 is 5.97 Å². The van der Waals surface area contributed by atoms with Crippen molar-refractivity contribution in [1.82, 2.24) is 0 Å². The van der Waals surface area contributed by atoms with Crippen LogP contribution < -0.4 is 0 Å². The molecule has 0 unspecified atom stereocenters. The molecule has 1 aliphatic carbocycles. The number of carboxylic acid groups (broad SMARTS) is 1. The van der Waals surface area contributed by atoms with Crippen molar-refractivity contribution in [2.45, 2.75) is 38.0 Å². The van der Waals surface area contributed by atoms with E-state index in [1.54, 1.807) is 0 Å². The van der Waals surface area contributed by atoms with Crippen molar-refractivity contribution in [3.8, 4) is 0 Å². The maximum Gasteiger partial charge on any atom is 0.303 e. The summed E-state index contributed by atoms with van der Waals surface area (Å²) in [4.78, 5) is 10.7. The van der Waals surface area contributed by atoms with Crippen molar-refractivity contribution < 1.29 is 9.90 Å². The molecule has 0 saturated heterocycles. The molecule has 0 heterocycles. The summed E-state index contributed by atoms with van der Waals surface area (Å²) in [6, 6.07) is 7.96. The van der Waals surface area contributed by atoms with Gasteiger partial charge < -0.3 is 5.11 Å². The van der Waals surface area contributed by atoms with Crippen LogP contribution in [0.4, 0.5) is 0 Å². The van der Waals surface area contributed by atoms with E-state index in [1.807, 2.05) is 12.1 Å². The Labute approximate surface area is 107 Å². The molecule has 17 heavy (non-hydrogen) atoms. The Morgan fingerprint density at radius 2 is 2.00 bits per heavy atom. The molecule has 0 aliphatic heterocycles. The zero-order valence-electron chi connectivity index (χ0n) is 9.73. The molecule has 2 rings (SSSR count). The Balaban J connectivity index is 2.01. The number of hydrogen-bond acceptors (Lipinski definition) is 1. The van der Waals surface area contributed by atoms with E-state index in [1.165, 1.54) is 5.56 Å². The Hall–Kier alpha value is -1.02. The van der Waals surface area contributed by atoms with Crippen LogP contribution >= 0.6 is 11.6 Å². The molecule has 0 bridgehead atoms. The number of halogens is 1. The second-order valence-corrected chi connectivity index (χ2v) is 5.32. The van der Waals surface area contributed by atoms with Crippen LogP contribution in [0.1, 0.15) is 43.6 Å². The molecule has 92 valence electrons. The first-order valence-corrected chi connectivity index (χ1v) is 6.50. The summed E-state index contributed by atoms with van der Waals surface area (Å²) in [5.41, 5.74) is 1.30. The first kappa shape index (κ1) is 12.4. The fourth-order valence-electron chi connectivity index (χ4n) is 2.76. The zero-order valence-corrected chi connectivity index (χ0v) is 10.5. The van der Waals surface area contributed by atoms with Gasteiger partial charge in [0.2, 0.25) is 0 Å². The smallest absolute Gasteiger partial charge is 0.303 e. The van der Waals surface area contributed by atoms with Gasteiger partial charge in [-0.3, -0.25) is 4.79 Å². The van der Waals surface area contributed by atoms with E-state index in [0.717, 1.165) is 30.7 Å². The summed E-state index contributed by atoms with van der Waals surface area (Å²) in [5.74, 6) is 0.166. The highest BCUT2D eigenvalue weighted by Gasteiger charge is 2.24. The molecule has 0 amide bonds. The number of carbonyl (C=O) groups is 1. The fraction of sp³-hybridized carbons (Fsp3) is 0.500. The molecule has 1 aromatic carbocycles. The molecule has 0 spiro atoms. The fourth-order valence-corrected chi connectivity index (χ4v) is 2.89. The highest BCUT2D eigenvalue weighted by atomic mass is 35.5. The number of benzene rings is 1. The minimum atomic E-state index is -0.674. The number of aliphatic carboxylic acids is 1. The van der Waals surface area contributed by atoms with Gasteiger partial charge in [-0.05, 0) is 48.8 Å². The second-order valence-electron chi connectivity index (χ2n) is 4.88. The van der Waals surface area contributed by atoms with Crippen LogP contribution in [0, 0.1) is 5.92 Å². The van der Waals surface area contributed by atoms with E-state index in [4.69, 9.17) is 16.7 Å². The Morgan fingerprint density at radius 3 is 2.65 bits per heavy atom. The highest BCUT2D eigenvalue weighted by Crippen LogP contribution is 2.37. The van der Waals surface area contributed by atoms with Gasteiger partial charge in [0.05, 0.1) is 0 Å². The van der Waals surface area contributed by atoms with E-state index in [0.29, 0.717) is 18.3 Å². The Kier molecular flexibility index (Phi) is 4.06. The van der Waals surface area contributed by atoms with Crippen molar-refractivity contribution >= 4 is 17.6 Å². The highest BCUT2D eigenvalue weighted by molar-refractivity contribution is 6.30. The van der Waals surface area contributed by atoms with Gasteiger partial charge in [0.1, 0.15) is 0 Å². The monoisotopic (exact) mass is 252 g/mol. The molecule has 1 aliphatic rings. The van der Waals surface area contributed by atoms with E-state index in [9.17, 15) is 4.79 Å². The van der Waals surface area contributed by atoms with Gasteiger partial charge in [-0.1, -0.05) is 30.2 Å². The van der Waals surface area contributed by atoms with Crippen LogP contribution in [0.2, 0.25) is 5.02 Å². The van der Waals surface area contributed by atoms with Crippen LogP contribution in [0.15, 0.2) is 24.3 Å². The third-order valence-electron chi connectivity index (χ3n) is 3.59. The van der Waals surface area contributed by atoms with E-state index in [-0.39, 0.29) is 0 Å². The average molecular weight is 253 g/mol. The number of rotatable bonds is 3. The van der Waals surface area contributed by atoms with Gasteiger partial charge in [-0.2, -0.15) is 0 Å². The van der Waals surface area contributed by atoms with Crippen LogP contribution in [0.3, 0.4) is 0 Å². The molecule has 3 heteroatoms. The van der Waals surface area contributed by atoms with Crippen molar-refractivity contribution in [2.24, 2.45) is 5.92 Å². The normalized spacial score (nSPS) is 24.5. The summed E-state index contributed by atoms with van der Waals surface area (Å²) in [6.45, 7) is 0. The molecule has 0 aromatic heterocycles. The number of carboxylic acids is 1. The topological polar surface area (TPSA) is 37.3 Å². The minimum Gasteiger partial charge on any atom is -0.481 e. The van der Waals surface area contributed by atoms with Gasteiger partial charge in [0.25, 0.3) is 0 Å². The summed E-state index contributed by atoms with van der Waals surface area (Å²) in [7, 11) is 0. The van der Waals surface area contributed by atoms with Gasteiger partial charge in [0, 0.05) is 11.4 Å². The predicted molar refractivity (Wildman–Crippen MR) is 68.4 cm³/mol. The molecule has 1 aromatic rings. The third-order valence-corrected chi connectivity index (χ3v) is 3.84. The molecule has 1 N–H and O–H groups in total. The quantitative estimate of drug-likeness (QED) is 0.880. The third kappa shape index (κ3) is 3.47.